The number of anilines is 1. The van der Waals surface area contributed by atoms with Gasteiger partial charge in [-0.2, -0.15) is 0 Å². The van der Waals surface area contributed by atoms with Crippen LogP contribution >= 0.6 is 0 Å². The number of carbonyl (C=O) groups excluding carboxylic acids is 1. The molecule has 42 heavy (non-hydrogen) atoms. The monoisotopic (exact) mass is 593 g/mol. The van der Waals surface area contributed by atoms with E-state index in [-0.39, 0.29) is 12.1 Å². The van der Waals surface area contributed by atoms with Crippen LogP contribution in [-0.2, 0) is 21.1 Å². The minimum absolute atomic E-state index is 0.0278. The molecule has 2 fully saturated rings. The van der Waals surface area contributed by atoms with Crippen molar-refractivity contribution < 1.29 is 26.7 Å². The molecule has 4 aromatic rings. The Morgan fingerprint density at radius 3 is 2.74 bits per heavy atom. The molecule has 2 atom stereocenters. The summed E-state index contributed by atoms with van der Waals surface area (Å²) in [5, 5.41) is 3.49. The van der Waals surface area contributed by atoms with Gasteiger partial charge in [0.15, 0.2) is 9.84 Å². The molecule has 2 aliphatic rings. The molecule has 1 N–H and O–H groups in total. The number of fused-ring (bicyclic) bond motifs is 2. The largest absolute Gasteiger partial charge is 0.378 e. The van der Waals surface area contributed by atoms with E-state index in [1.165, 1.54) is 6.07 Å². The lowest BCUT2D eigenvalue weighted by Crippen LogP contribution is -2.41. The summed E-state index contributed by atoms with van der Waals surface area (Å²) in [6.45, 7) is 2.69. The predicted octanol–water partition coefficient (Wildman–Crippen LogP) is 4.58. The lowest BCUT2D eigenvalue weighted by Gasteiger charge is -2.35. The summed E-state index contributed by atoms with van der Waals surface area (Å²) >= 11 is 0. The van der Waals surface area contributed by atoms with Gasteiger partial charge in [0.25, 0.3) is 12.3 Å². The van der Waals surface area contributed by atoms with Gasteiger partial charge in [0.1, 0.15) is 5.82 Å². The highest BCUT2D eigenvalue weighted by molar-refractivity contribution is 7.90. The number of hydrogen-bond acceptors (Lipinski definition) is 8. The minimum atomic E-state index is -3.96. The second-order valence-corrected chi connectivity index (χ2v) is 12.6. The maximum absolute atomic E-state index is 13.3. The number of amides is 1. The minimum Gasteiger partial charge on any atom is -0.378 e. The number of alkyl halides is 2. The summed E-state index contributed by atoms with van der Waals surface area (Å²) in [4.78, 5) is 28.6. The molecule has 0 aliphatic carbocycles. The molecule has 0 spiro atoms. The Kier molecular flexibility index (Phi) is 7.58. The van der Waals surface area contributed by atoms with Crippen LogP contribution in [0.3, 0.4) is 0 Å². The zero-order valence-electron chi connectivity index (χ0n) is 22.8. The van der Waals surface area contributed by atoms with Crippen LogP contribution in [0.15, 0.2) is 65.7 Å². The van der Waals surface area contributed by atoms with Crippen molar-refractivity contribution in [2.24, 2.45) is 5.92 Å². The number of nitrogens with zero attached hydrogens (tertiary/aromatic N) is 4. The quantitative estimate of drug-likeness (QED) is 0.331. The Hall–Kier alpha value is -4.03. The van der Waals surface area contributed by atoms with Gasteiger partial charge >= 0.3 is 0 Å². The van der Waals surface area contributed by atoms with Gasteiger partial charge in [-0.15, -0.1) is 0 Å². The molecule has 6 rings (SSSR count). The van der Waals surface area contributed by atoms with Crippen molar-refractivity contribution in [1.82, 2.24) is 20.3 Å². The highest BCUT2D eigenvalue weighted by atomic mass is 32.2. The third-order valence-electron chi connectivity index (χ3n) is 7.78. The molecule has 12 heteroatoms. The predicted molar refractivity (Wildman–Crippen MR) is 153 cm³/mol. The first-order valence-corrected chi connectivity index (χ1v) is 15.5. The third kappa shape index (κ3) is 5.82. The number of nitrogens with one attached hydrogen (secondary N) is 1. The first kappa shape index (κ1) is 28.1. The molecule has 0 saturated carbocycles. The van der Waals surface area contributed by atoms with Gasteiger partial charge in [0.05, 0.1) is 40.1 Å². The van der Waals surface area contributed by atoms with E-state index in [4.69, 9.17) is 14.7 Å². The Labute approximate surface area is 241 Å². The van der Waals surface area contributed by atoms with Crippen LogP contribution in [0.5, 0.6) is 0 Å². The van der Waals surface area contributed by atoms with Crippen molar-refractivity contribution in [3.8, 4) is 11.4 Å². The van der Waals surface area contributed by atoms with Gasteiger partial charge in [-0.3, -0.25) is 9.78 Å². The van der Waals surface area contributed by atoms with E-state index in [1.807, 2.05) is 30.3 Å². The van der Waals surface area contributed by atoms with Gasteiger partial charge in [0, 0.05) is 54.6 Å². The Morgan fingerprint density at radius 1 is 1.10 bits per heavy atom. The Balaban J connectivity index is 1.18. The van der Waals surface area contributed by atoms with E-state index in [1.54, 1.807) is 12.3 Å². The van der Waals surface area contributed by atoms with E-state index in [0.717, 1.165) is 67.8 Å². The summed E-state index contributed by atoms with van der Waals surface area (Å²) in [6, 6.07) is 14.6. The second-order valence-electron chi connectivity index (χ2n) is 10.6. The number of rotatable bonds is 7. The number of carbonyl (C=O) groups is 1. The fourth-order valence-corrected chi connectivity index (χ4v) is 6.50. The highest BCUT2D eigenvalue weighted by Crippen LogP contribution is 2.32. The van der Waals surface area contributed by atoms with Gasteiger partial charge in [0.2, 0.25) is 0 Å². The van der Waals surface area contributed by atoms with Crippen LogP contribution in [0, 0.1) is 5.92 Å². The number of halogens is 2. The van der Waals surface area contributed by atoms with E-state index >= 15 is 0 Å². The molecular weight excluding hydrogens is 564 g/mol. The first-order valence-electron chi connectivity index (χ1n) is 13.7. The van der Waals surface area contributed by atoms with E-state index in [0.29, 0.717) is 28.9 Å². The fraction of sp³-hybridized carbons (Fsp3) is 0.333. The highest BCUT2D eigenvalue weighted by Gasteiger charge is 2.34. The lowest BCUT2D eigenvalue weighted by molar-refractivity contribution is 0.0771. The third-order valence-corrected chi connectivity index (χ3v) is 8.93. The number of aromatic nitrogens is 3. The van der Waals surface area contributed by atoms with Gasteiger partial charge in [-0.25, -0.2) is 27.2 Å². The number of piperidine rings is 1. The maximum Gasteiger partial charge on any atom is 0.265 e. The summed E-state index contributed by atoms with van der Waals surface area (Å²) < 4.78 is 56.4. The lowest BCUT2D eigenvalue weighted by atomic mass is 9.94. The van der Waals surface area contributed by atoms with Crippen molar-refractivity contribution in [1.29, 1.82) is 0 Å². The summed E-state index contributed by atoms with van der Waals surface area (Å²) in [5.41, 5.74) is 1.97. The normalized spacial score (nSPS) is 18.8. The number of hydrogen-bond donors (Lipinski definition) is 1. The molecule has 218 valence electrons. The molecule has 9 nitrogen and oxygen atoms in total. The second kappa shape index (κ2) is 11.3. The van der Waals surface area contributed by atoms with Crippen molar-refractivity contribution in [2.45, 2.75) is 36.8 Å². The maximum atomic E-state index is 13.3. The summed E-state index contributed by atoms with van der Waals surface area (Å²) in [5.74, 6) is 0.838. The van der Waals surface area contributed by atoms with Crippen molar-refractivity contribution in [2.75, 3.05) is 30.9 Å². The van der Waals surface area contributed by atoms with Crippen LogP contribution in [0.2, 0.25) is 0 Å². The topological polar surface area (TPSA) is 114 Å². The Morgan fingerprint density at radius 2 is 1.93 bits per heavy atom. The molecule has 0 bridgehead atoms. The molecule has 2 saturated heterocycles. The average Bonchev–Trinajstić information content (AvgIpc) is 3.47. The molecule has 2 aliphatic heterocycles. The molecule has 0 unspecified atom stereocenters. The van der Waals surface area contributed by atoms with Crippen LogP contribution < -0.4 is 10.2 Å². The molecule has 5 heterocycles. The van der Waals surface area contributed by atoms with Gasteiger partial charge < -0.3 is 15.0 Å². The van der Waals surface area contributed by atoms with Crippen molar-refractivity contribution in [3.05, 3.63) is 77.6 Å². The SMILES string of the molecule is CS(=O)(=O)c1cc(C(=O)NCc2cc3nc(-c4cccc(N5CC[C@H]6OCC[C@@H]6C5)n4)ccc3cn2)ccc1C(F)F. The molecule has 1 amide bonds. The zero-order valence-corrected chi connectivity index (χ0v) is 23.7. The smallest absolute Gasteiger partial charge is 0.265 e. The molecule has 1 aromatic carbocycles. The average molecular weight is 594 g/mol. The Bertz CT molecular complexity index is 1770. The molecule has 3 aromatic heterocycles. The number of sulfone groups is 1. The number of pyridine rings is 3. The van der Waals surface area contributed by atoms with E-state index in [2.05, 4.69) is 15.2 Å². The van der Waals surface area contributed by atoms with Crippen molar-refractivity contribution >= 4 is 32.5 Å². The van der Waals surface area contributed by atoms with Gasteiger partial charge in [-0.1, -0.05) is 12.1 Å². The van der Waals surface area contributed by atoms with Crippen LogP contribution in [0.1, 0.15) is 40.9 Å². The van der Waals surface area contributed by atoms with Crippen LogP contribution in [-0.4, -0.2) is 61.3 Å². The van der Waals surface area contributed by atoms with Crippen LogP contribution in [0.25, 0.3) is 22.3 Å². The van der Waals surface area contributed by atoms with E-state index in [9.17, 15) is 22.0 Å². The molecule has 0 radical (unpaired) electrons. The van der Waals surface area contributed by atoms with Crippen LogP contribution in [0.4, 0.5) is 14.6 Å². The van der Waals surface area contributed by atoms with Crippen molar-refractivity contribution in [3.63, 3.8) is 0 Å². The van der Waals surface area contributed by atoms with Gasteiger partial charge in [-0.05, 0) is 55.3 Å². The number of benzene rings is 1. The first-order chi connectivity index (χ1) is 20.2. The summed E-state index contributed by atoms with van der Waals surface area (Å²) in [7, 11) is -3.96. The number of ether oxygens (including phenoxy) is 1. The molecular formula is C30H29F2N5O4S. The fourth-order valence-electron chi connectivity index (χ4n) is 5.58. The standard InChI is InChI=1S/C30H29F2N5O4S/c1-42(39,40)27-13-18(5-7-22(27)29(31)32)30(38)34-16-21-14-25-19(15-33-21)6-8-24(35-25)23-3-2-4-28(36-23)37-11-9-26-20(17-37)10-12-41-26/h2-8,13-15,20,26,29H,9-12,16-17H2,1H3,(H,34,38)/t20-,26-/m1/s1. The van der Waals surface area contributed by atoms with E-state index < -0.39 is 32.6 Å². The zero-order chi connectivity index (χ0) is 29.4. The summed E-state index contributed by atoms with van der Waals surface area (Å²) in [6.07, 6.45) is 1.94.